The third-order valence-electron chi connectivity index (χ3n) is 3.97. The van der Waals surface area contributed by atoms with Gasteiger partial charge in [0.25, 0.3) is 0 Å². The van der Waals surface area contributed by atoms with Gasteiger partial charge in [-0.1, -0.05) is 18.2 Å². The molecule has 0 amide bonds. The molecule has 1 aliphatic carbocycles. The highest BCUT2D eigenvalue weighted by Gasteiger charge is 2.23. The standard InChI is InChI=1S/C17H17NO2/c19-17(20)11-13-5-3-4-12-7-8-14(10-15(12)13)16-6-1-2-9-18-16/h1-2,6-10,13H,3-5,11H2,(H,19,20). The van der Waals surface area contributed by atoms with Crippen LogP contribution in [-0.2, 0) is 11.2 Å². The number of carboxylic acid groups (broad SMARTS) is 1. The summed E-state index contributed by atoms with van der Waals surface area (Å²) in [4.78, 5) is 15.4. The van der Waals surface area contributed by atoms with Crippen molar-refractivity contribution >= 4 is 5.97 Å². The summed E-state index contributed by atoms with van der Waals surface area (Å²) in [5.41, 5.74) is 4.50. The molecule has 0 bridgehead atoms. The number of hydrogen-bond acceptors (Lipinski definition) is 2. The highest BCUT2D eigenvalue weighted by atomic mass is 16.4. The van der Waals surface area contributed by atoms with E-state index in [0.29, 0.717) is 0 Å². The molecule has 1 unspecified atom stereocenters. The Morgan fingerprint density at radius 1 is 1.30 bits per heavy atom. The Morgan fingerprint density at radius 2 is 2.20 bits per heavy atom. The first kappa shape index (κ1) is 12.9. The van der Waals surface area contributed by atoms with Crippen LogP contribution in [0.1, 0.15) is 36.3 Å². The number of nitrogens with zero attached hydrogens (tertiary/aromatic N) is 1. The molecular weight excluding hydrogens is 250 g/mol. The zero-order valence-corrected chi connectivity index (χ0v) is 11.2. The minimum atomic E-state index is -0.717. The lowest BCUT2D eigenvalue weighted by atomic mass is 9.80. The Balaban J connectivity index is 1.99. The summed E-state index contributed by atoms with van der Waals surface area (Å²) < 4.78 is 0. The lowest BCUT2D eigenvalue weighted by Gasteiger charge is -2.25. The maximum atomic E-state index is 11.0. The van der Waals surface area contributed by atoms with Crippen molar-refractivity contribution < 1.29 is 9.90 Å². The molecule has 1 heterocycles. The Morgan fingerprint density at radius 3 is 2.95 bits per heavy atom. The van der Waals surface area contributed by atoms with Crippen LogP contribution in [0.15, 0.2) is 42.6 Å². The highest BCUT2D eigenvalue weighted by Crippen LogP contribution is 2.36. The number of fused-ring (bicyclic) bond motifs is 1. The molecule has 0 saturated carbocycles. The van der Waals surface area contributed by atoms with E-state index in [-0.39, 0.29) is 12.3 Å². The van der Waals surface area contributed by atoms with Crippen molar-refractivity contribution in [2.24, 2.45) is 0 Å². The SMILES string of the molecule is O=C(O)CC1CCCc2ccc(-c3ccccn3)cc21. The second-order valence-electron chi connectivity index (χ2n) is 5.32. The van der Waals surface area contributed by atoms with E-state index in [1.54, 1.807) is 6.20 Å². The van der Waals surface area contributed by atoms with Crippen LogP contribution >= 0.6 is 0 Å². The van der Waals surface area contributed by atoms with Crippen LogP contribution in [0.25, 0.3) is 11.3 Å². The first-order valence-electron chi connectivity index (χ1n) is 7.00. The predicted octanol–water partition coefficient (Wildman–Crippen LogP) is 3.64. The zero-order chi connectivity index (χ0) is 13.9. The maximum absolute atomic E-state index is 11.0. The molecule has 2 aromatic rings. The van der Waals surface area contributed by atoms with Gasteiger partial charge in [-0.2, -0.15) is 0 Å². The van der Waals surface area contributed by atoms with E-state index in [1.165, 1.54) is 11.1 Å². The first-order chi connectivity index (χ1) is 9.74. The van der Waals surface area contributed by atoms with Gasteiger partial charge < -0.3 is 5.11 Å². The largest absolute Gasteiger partial charge is 0.481 e. The Bertz CT molecular complexity index is 622. The smallest absolute Gasteiger partial charge is 0.303 e. The molecule has 1 aromatic carbocycles. The molecule has 1 aromatic heterocycles. The van der Waals surface area contributed by atoms with Crippen molar-refractivity contribution in [1.82, 2.24) is 4.98 Å². The first-order valence-corrected chi connectivity index (χ1v) is 7.00. The second-order valence-corrected chi connectivity index (χ2v) is 5.32. The molecule has 0 aliphatic heterocycles. The molecule has 102 valence electrons. The van der Waals surface area contributed by atoms with E-state index < -0.39 is 5.97 Å². The Hall–Kier alpha value is -2.16. The van der Waals surface area contributed by atoms with E-state index in [4.69, 9.17) is 5.11 Å². The summed E-state index contributed by atoms with van der Waals surface area (Å²) in [5, 5.41) is 9.07. The van der Waals surface area contributed by atoms with Crippen molar-refractivity contribution in [1.29, 1.82) is 0 Å². The third kappa shape index (κ3) is 2.57. The van der Waals surface area contributed by atoms with Gasteiger partial charge in [-0.05, 0) is 54.5 Å². The van der Waals surface area contributed by atoms with Crippen LogP contribution in [0.3, 0.4) is 0 Å². The van der Waals surface area contributed by atoms with Crippen LogP contribution in [0.2, 0.25) is 0 Å². The van der Waals surface area contributed by atoms with Crippen molar-refractivity contribution in [2.75, 3.05) is 0 Å². The van der Waals surface area contributed by atoms with Gasteiger partial charge in [-0.25, -0.2) is 0 Å². The number of aryl methyl sites for hydroxylation is 1. The molecule has 0 radical (unpaired) electrons. The van der Waals surface area contributed by atoms with Crippen molar-refractivity contribution in [3.8, 4) is 11.3 Å². The summed E-state index contributed by atoms with van der Waals surface area (Å²) >= 11 is 0. The summed E-state index contributed by atoms with van der Waals surface area (Å²) in [7, 11) is 0. The summed E-state index contributed by atoms with van der Waals surface area (Å²) in [6.45, 7) is 0. The molecule has 1 N–H and O–H groups in total. The van der Waals surface area contributed by atoms with E-state index >= 15 is 0 Å². The van der Waals surface area contributed by atoms with E-state index in [0.717, 1.165) is 30.5 Å². The number of aromatic nitrogens is 1. The average Bonchev–Trinajstić information content (AvgIpc) is 2.47. The van der Waals surface area contributed by atoms with Crippen molar-refractivity contribution in [3.63, 3.8) is 0 Å². The van der Waals surface area contributed by atoms with Crippen LogP contribution in [0.4, 0.5) is 0 Å². The van der Waals surface area contributed by atoms with Gasteiger partial charge in [0.1, 0.15) is 0 Å². The number of benzene rings is 1. The van der Waals surface area contributed by atoms with Gasteiger partial charge in [0.2, 0.25) is 0 Å². The Labute approximate surface area is 118 Å². The normalized spacial score (nSPS) is 17.5. The number of aliphatic carboxylic acids is 1. The lowest BCUT2D eigenvalue weighted by Crippen LogP contribution is -2.13. The van der Waals surface area contributed by atoms with Gasteiger partial charge >= 0.3 is 5.97 Å². The number of hydrogen-bond donors (Lipinski definition) is 1. The highest BCUT2D eigenvalue weighted by molar-refractivity contribution is 5.69. The monoisotopic (exact) mass is 267 g/mol. The van der Waals surface area contributed by atoms with Crippen LogP contribution in [0, 0.1) is 0 Å². The summed E-state index contributed by atoms with van der Waals surface area (Å²) in [5.74, 6) is -0.578. The minimum absolute atomic E-state index is 0.139. The van der Waals surface area contributed by atoms with E-state index in [1.807, 2.05) is 18.2 Å². The molecule has 0 spiro atoms. The van der Waals surface area contributed by atoms with Gasteiger partial charge in [-0.15, -0.1) is 0 Å². The fourth-order valence-corrected chi connectivity index (χ4v) is 3.01. The summed E-state index contributed by atoms with van der Waals surface area (Å²) in [6.07, 6.45) is 5.09. The molecule has 3 heteroatoms. The molecule has 1 atom stereocenters. The number of rotatable bonds is 3. The van der Waals surface area contributed by atoms with Gasteiger partial charge in [0, 0.05) is 11.8 Å². The van der Waals surface area contributed by atoms with Crippen LogP contribution in [0.5, 0.6) is 0 Å². The number of pyridine rings is 1. The molecule has 0 saturated heterocycles. The maximum Gasteiger partial charge on any atom is 0.303 e. The fraction of sp³-hybridized carbons (Fsp3) is 0.294. The topological polar surface area (TPSA) is 50.2 Å². The molecule has 20 heavy (non-hydrogen) atoms. The quantitative estimate of drug-likeness (QED) is 0.923. The van der Waals surface area contributed by atoms with Crippen molar-refractivity contribution in [3.05, 3.63) is 53.7 Å². The van der Waals surface area contributed by atoms with Crippen molar-refractivity contribution in [2.45, 2.75) is 31.6 Å². The minimum Gasteiger partial charge on any atom is -0.481 e. The predicted molar refractivity (Wildman–Crippen MR) is 77.6 cm³/mol. The van der Waals surface area contributed by atoms with Gasteiger partial charge in [0.05, 0.1) is 12.1 Å². The van der Waals surface area contributed by atoms with Gasteiger partial charge in [0.15, 0.2) is 0 Å². The van der Waals surface area contributed by atoms with Crippen LogP contribution < -0.4 is 0 Å². The second kappa shape index (κ2) is 5.45. The average molecular weight is 267 g/mol. The fourth-order valence-electron chi connectivity index (χ4n) is 3.01. The number of carbonyl (C=O) groups is 1. The number of carboxylic acids is 1. The van der Waals surface area contributed by atoms with E-state index in [2.05, 4.69) is 23.2 Å². The van der Waals surface area contributed by atoms with Gasteiger partial charge in [-0.3, -0.25) is 9.78 Å². The molecular formula is C17H17NO2. The third-order valence-corrected chi connectivity index (χ3v) is 3.97. The zero-order valence-electron chi connectivity index (χ0n) is 11.2. The molecule has 3 rings (SSSR count). The molecule has 1 aliphatic rings. The summed E-state index contributed by atoms with van der Waals surface area (Å²) in [6, 6.07) is 12.2. The van der Waals surface area contributed by atoms with E-state index in [9.17, 15) is 4.79 Å². The lowest BCUT2D eigenvalue weighted by molar-refractivity contribution is -0.137. The molecule has 0 fully saturated rings. The Kier molecular flexibility index (Phi) is 3.50. The molecule has 3 nitrogen and oxygen atoms in total. The van der Waals surface area contributed by atoms with Crippen LogP contribution in [-0.4, -0.2) is 16.1 Å².